The summed E-state index contributed by atoms with van der Waals surface area (Å²) in [5.74, 6) is 1.76. The molecule has 0 saturated carbocycles. The molecule has 0 unspecified atom stereocenters. The van der Waals surface area contributed by atoms with Crippen molar-refractivity contribution in [2.45, 2.75) is 45.1 Å². The van der Waals surface area contributed by atoms with Crippen LogP contribution in [0.1, 0.15) is 59.2 Å². The van der Waals surface area contributed by atoms with Gasteiger partial charge < -0.3 is 19.7 Å². The molecule has 8 heteroatoms. The van der Waals surface area contributed by atoms with Crippen molar-refractivity contribution in [2.75, 3.05) is 26.8 Å². The van der Waals surface area contributed by atoms with Gasteiger partial charge in [-0.15, -0.1) is 0 Å². The zero-order valence-electron chi connectivity index (χ0n) is 18.0. The highest BCUT2D eigenvalue weighted by Gasteiger charge is 2.32. The first-order chi connectivity index (χ1) is 15.1. The lowest BCUT2D eigenvalue weighted by atomic mass is 9.95. The second-order valence-corrected chi connectivity index (χ2v) is 7.90. The molecule has 31 heavy (non-hydrogen) atoms. The lowest BCUT2D eigenvalue weighted by Crippen LogP contribution is -2.40. The summed E-state index contributed by atoms with van der Waals surface area (Å²) in [4.78, 5) is 36.4. The Morgan fingerprint density at radius 3 is 2.77 bits per heavy atom. The average Bonchev–Trinajstić information content (AvgIpc) is 3.03. The van der Waals surface area contributed by atoms with Crippen molar-refractivity contribution in [3.05, 3.63) is 47.0 Å². The number of hydrogen-bond acceptors (Lipinski definition) is 6. The Hall–Kier alpha value is -3.16. The van der Waals surface area contributed by atoms with Gasteiger partial charge in [0.15, 0.2) is 11.5 Å². The minimum Gasteiger partial charge on any atom is -0.490 e. The molecular weight excluding hydrogens is 396 g/mol. The van der Waals surface area contributed by atoms with Gasteiger partial charge in [0.25, 0.3) is 5.91 Å². The number of hydrogen-bond donors (Lipinski definition) is 1. The molecular formula is C23H28N4O4. The maximum absolute atomic E-state index is 13.3. The maximum Gasteiger partial charge on any atom is 0.254 e. The number of nitrogens with one attached hydrogen (secondary N) is 1. The van der Waals surface area contributed by atoms with Gasteiger partial charge in [-0.2, -0.15) is 0 Å². The molecule has 1 atom stereocenters. The number of piperidine rings is 1. The smallest absolute Gasteiger partial charge is 0.254 e. The Morgan fingerprint density at radius 1 is 1.16 bits per heavy atom. The second kappa shape index (κ2) is 9.32. The van der Waals surface area contributed by atoms with Gasteiger partial charge in [-0.05, 0) is 43.9 Å². The number of amides is 2. The van der Waals surface area contributed by atoms with Gasteiger partial charge in [0.2, 0.25) is 5.91 Å². The van der Waals surface area contributed by atoms with Crippen LogP contribution in [-0.4, -0.2) is 53.5 Å². The van der Waals surface area contributed by atoms with Crippen LogP contribution in [0.3, 0.4) is 0 Å². The fourth-order valence-corrected chi connectivity index (χ4v) is 4.16. The van der Waals surface area contributed by atoms with Gasteiger partial charge >= 0.3 is 0 Å². The number of aryl methyl sites for hydroxylation is 1. The fourth-order valence-electron chi connectivity index (χ4n) is 4.16. The molecule has 1 fully saturated rings. The summed E-state index contributed by atoms with van der Waals surface area (Å²) < 4.78 is 11.4. The number of fused-ring (bicyclic) bond motifs is 1. The highest BCUT2D eigenvalue weighted by molar-refractivity contribution is 5.95. The standard InChI is InChI=1S/C23H28N4O4/c1-15-25-14-17(23(29)24-2)22(26-15)18-6-3-4-9-27(18)21(28)13-16-7-8-19-20(12-16)31-11-5-10-30-19/h7-8,12,14,18H,3-6,9-11,13H2,1-2H3,(H,24,29)/t18-/m1/s1. The number of rotatable bonds is 4. The van der Waals surface area contributed by atoms with Gasteiger partial charge in [0.05, 0.1) is 36.9 Å². The van der Waals surface area contributed by atoms with Gasteiger partial charge in [0, 0.05) is 26.2 Å². The van der Waals surface area contributed by atoms with E-state index in [-0.39, 0.29) is 24.3 Å². The molecule has 164 valence electrons. The first kappa shape index (κ1) is 21.1. The van der Waals surface area contributed by atoms with Gasteiger partial charge in [0.1, 0.15) is 5.82 Å². The second-order valence-electron chi connectivity index (χ2n) is 7.90. The molecule has 2 aromatic rings. The summed E-state index contributed by atoms with van der Waals surface area (Å²) in [6.07, 6.45) is 5.33. The molecule has 0 radical (unpaired) electrons. The monoisotopic (exact) mass is 424 g/mol. The fraction of sp³-hybridized carbons (Fsp3) is 0.478. The van der Waals surface area contributed by atoms with E-state index in [1.165, 1.54) is 0 Å². The molecule has 1 saturated heterocycles. The molecule has 0 spiro atoms. The van der Waals surface area contributed by atoms with Gasteiger partial charge in [-0.25, -0.2) is 9.97 Å². The van der Waals surface area contributed by atoms with Crippen LogP contribution in [0.4, 0.5) is 0 Å². The quantitative estimate of drug-likeness (QED) is 0.811. The first-order valence-electron chi connectivity index (χ1n) is 10.8. The van der Waals surface area contributed by atoms with Crippen LogP contribution in [0.2, 0.25) is 0 Å². The van der Waals surface area contributed by atoms with Crippen LogP contribution in [0.25, 0.3) is 0 Å². The largest absolute Gasteiger partial charge is 0.490 e. The lowest BCUT2D eigenvalue weighted by Gasteiger charge is -2.36. The number of carbonyl (C=O) groups excluding carboxylic acids is 2. The molecule has 4 rings (SSSR count). The third-order valence-electron chi connectivity index (χ3n) is 5.72. The SMILES string of the molecule is CNC(=O)c1cnc(C)nc1[C@H]1CCCCN1C(=O)Cc1ccc2c(c1)OCCCO2. The Kier molecular flexibility index (Phi) is 6.34. The normalized spacial score (nSPS) is 18.3. The number of aromatic nitrogens is 2. The van der Waals surface area contributed by atoms with Crippen molar-refractivity contribution in [3.63, 3.8) is 0 Å². The van der Waals surface area contributed by atoms with Crippen LogP contribution in [-0.2, 0) is 11.2 Å². The Labute approximate surface area is 182 Å². The van der Waals surface area contributed by atoms with Crippen molar-refractivity contribution in [1.82, 2.24) is 20.2 Å². The van der Waals surface area contributed by atoms with Crippen molar-refractivity contribution < 1.29 is 19.1 Å². The highest BCUT2D eigenvalue weighted by atomic mass is 16.5. The summed E-state index contributed by atoms with van der Waals surface area (Å²) in [6, 6.07) is 5.43. The summed E-state index contributed by atoms with van der Waals surface area (Å²) in [5, 5.41) is 2.65. The predicted octanol–water partition coefficient (Wildman–Crippen LogP) is 2.60. The van der Waals surface area contributed by atoms with E-state index in [1.54, 1.807) is 20.2 Å². The van der Waals surface area contributed by atoms with Crippen molar-refractivity contribution >= 4 is 11.8 Å². The van der Waals surface area contributed by atoms with E-state index in [9.17, 15) is 9.59 Å². The molecule has 1 N–H and O–H groups in total. The summed E-state index contributed by atoms with van der Waals surface area (Å²) in [7, 11) is 1.58. The predicted molar refractivity (Wildman–Crippen MR) is 114 cm³/mol. The molecule has 8 nitrogen and oxygen atoms in total. The minimum absolute atomic E-state index is 0.0123. The zero-order chi connectivity index (χ0) is 21.8. The Bertz CT molecular complexity index is 978. The van der Waals surface area contributed by atoms with Crippen LogP contribution in [0.5, 0.6) is 11.5 Å². The zero-order valence-corrected chi connectivity index (χ0v) is 18.0. The minimum atomic E-state index is -0.240. The van der Waals surface area contributed by atoms with E-state index in [4.69, 9.17) is 9.47 Å². The van der Waals surface area contributed by atoms with E-state index < -0.39 is 0 Å². The van der Waals surface area contributed by atoms with E-state index in [2.05, 4.69) is 15.3 Å². The van der Waals surface area contributed by atoms with E-state index in [1.807, 2.05) is 23.1 Å². The van der Waals surface area contributed by atoms with Gasteiger partial charge in [-0.1, -0.05) is 6.07 Å². The van der Waals surface area contributed by atoms with Crippen molar-refractivity contribution in [3.8, 4) is 11.5 Å². The van der Waals surface area contributed by atoms with E-state index >= 15 is 0 Å². The highest BCUT2D eigenvalue weighted by Crippen LogP contribution is 2.34. The number of ether oxygens (including phenoxy) is 2. The lowest BCUT2D eigenvalue weighted by molar-refractivity contribution is -0.134. The molecule has 2 amide bonds. The van der Waals surface area contributed by atoms with Crippen molar-refractivity contribution in [2.24, 2.45) is 0 Å². The third-order valence-corrected chi connectivity index (χ3v) is 5.72. The molecule has 0 aliphatic carbocycles. The number of carbonyl (C=O) groups is 2. The molecule has 2 aliphatic rings. The number of benzene rings is 1. The Balaban J connectivity index is 1.58. The summed E-state index contributed by atoms with van der Waals surface area (Å²) in [6.45, 7) is 3.68. The molecule has 3 heterocycles. The molecule has 2 aliphatic heterocycles. The maximum atomic E-state index is 13.3. The average molecular weight is 425 g/mol. The molecule has 0 bridgehead atoms. The van der Waals surface area contributed by atoms with Crippen LogP contribution >= 0.6 is 0 Å². The van der Waals surface area contributed by atoms with E-state index in [0.29, 0.717) is 42.6 Å². The Morgan fingerprint density at radius 2 is 1.97 bits per heavy atom. The van der Waals surface area contributed by atoms with Crippen LogP contribution < -0.4 is 14.8 Å². The first-order valence-corrected chi connectivity index (χ1v) is 10.8. The van der Waals surface area contributed by atoms with Crippen LogP contribution in [0, 0.1) is 6.92 Å². The van der Waals surface area contributed by atoms with Gasteiger partial charge in [-0.3, -0.25) is 9.59 Å². The number of likely N-dealkylation sites (tertiary alicyclic amines) is 1. The molecule has 1 aromatic heterocycles. The summed E-state index contributed by atoms with van der Waals surface area (Å²) in [5.41, 5.74) is 1.93. The topological polar surface area (TPSA) is 93.7 Å². The third kappa shape index (κ3) is 4.62. The van der Waals surface area contributed by atoms with Crippen molar-refractivity contribution in [1.29, 1.82) is 0 Å². The molecule has 1 aromatic carbocycles. The summed E-state index contributed by atoms with van der Waals surface area (Å²) >= 11 is 0. The van der Waals surface area contributed by atoms with E-state index in [0.717, 1.165) is 37.0 Å². The number of nitrogens with zero attached hydrogens (tertiary/aromatic N) is 3. The van der Waals surface area contributed by atoms with Crippen LogP contribution in [0.15, 0.2) is 24.4 Å².